The SMILES string of the molecule is Cc1cc(C(=O)Nc2cccc(CNC3CC3)c2)n(C)n1. The number of benzene rings is 1. The summed E-state index contributed by atoms with van der Waals surface area (Å²) in [5.74, 6) is -0.134. The van der Waals surface area contributed by atoms with Crippen molar-refractivity contribution < 1.29 is 4.79 Å². The first-order valence-corrected chi connectivity index (χ1v) is 7.26. The number of anilines is 1. The Balaban J connectivity index is 1.67. The molecule has 1 aromatic heterocycles. The van der Waals surface area contributed by atoms with Gasteiger partial charge >= 0.3 is 0 Å². The topological polar surface area (TPSA) is 59.0 Å². The van der Waals surface area contributed by atoms with Gasteiger partial charge in [-0.15, -0.1) is 0 Å². The van der Waals surface area contributed by atoms with E-state index in [1.54, 1.807) is 17.8 Å². The molecule has 1 aromatic carbocycles. The molecule has 0 saturated heterocycles. The van der Waals surface area contributed by atoms with Crippen molar-refractivity contribution in [3.05, 3.63) is 47.3 Å². The van der Waals surface area contributed by atoms with Crippen LogP contribution in [-0.2, 0) is 13.6 Å². The van der Waals surface area contributed by atoms with E-state index in [4.69, 9.17) is 0 Å². The van der Waals surface area contributed by atoms with Crippen LogP contribution in [0.25, 0.3) is 0 Å². The number of nitrogens with zero attached hydrogens (tertiary/aromatic N) is 2. The Hall–Kier alpha value is -2.14. The lowest BCUT2D eigenvalue weighted by molar-refractivity contribution is 0.101. The first kappa shape index (κ1) is 13.8. The van der Waals surface area contributed by atoms with E-state index in [0.29, 0.717) is 11.7 Å². The van der Waals surface area contributed by atoms with Gasteiger partial charge in [0.2, 0.25) is 0 Å². The maximum absolute atomic E-state index is 12.2. The van der Waals surface area contributed by atoms with Gasteiger partial charge in [-0.05, 0) is 43.5 Å². The van der Waals surface area contributed by atoms with Crippen LogP contribution in [0.15, 0.2) is 30.3 Å². The van der Waals surface area contributed by atoms with Crippen molar-refractivity contribution >= 4 is 11.6 Å². The third-order valence-corrected chi connectivity index (χ3v) is 3.59. The van der Waals surface area contributed by atoms with Gasteiger partial charge in [-0.3, -0.25) is 9.48 Å². The van der Waals surface area contributed by atoms with Crippen molar-refractivity contribution in [2.24, 2.45) is 7.05 Å². The van der Waals surface area contributed by atoms with Crippen LogP contribution in [0.5, 0.6) is 0 Å². The van der Waals surface area contributed by atoms with Gasteiger partial charge in [0.25, 0.3) is 5.91 Å². The van der Waals surface area contributed by atoms with Gasteiger partial charge in [0.15, 0.2) is 0 Å². The fourth-order valence-electron chi connectivity index (χ4n) is 2.33. The molecule has 0 bridgehead atoms. The number of hydrogen-bond donors (Lipinski definition) is 2. The molecule has 2 aromatic rings. The highest BCUT2D eigenvalue weighted by Gasteiger charge is 2.20. The van der Waals surface area contributed by atoms with E-state index in [2.05, 4.69) is 21.8 Å². The van der Waals surface area contributed by atoms with Crippen molar-refractivity contribution in [2.75, 3.05) is 5.32 Å². The standard InChI is InChI=1S/C16H20N4O/c1-11-8-15(20(2)19-11)16(21)18-14-5-3-4-12(9-14)10-17-13-6-7-13/h3-5,8-9,13,17H,6-7,10H2,1-2H3,(H,18,21). The summed E-state index contributed by atoms with van der Waals surface area (Å²) in [6.07, 6.45) is 2.55. The molecular formula is C16H20N4O. The maximum atomic E-state index is 12.2. The molecule has 3 rings (SSSR count). The van der Waals surface area contributed by atoms with Gasteiger partial charge in [-0.1, -0.05) is 12.1 Å². The van der Waals surface area contributed by atoms with E-state index < -0.39 is 0 Å². The van der Waals surface area contributed by atoms with Gasteiger partial charge in [-0.25, -0.2) is 0 Å². The van der Waals surface area contributed by atoms with Crippen LogP contribution in [0.3, 0.4) is 0 Å². The predicted molar refractivity (Wildman–Crippen MR) is 82.2 cm³/mol. The minimum Gasteiger partial charge on any atom is -0.321 e. The largest absolute Gasteiger partial charge is 0.321 e. The molecule has 0 unspecified atom stereocenters. The third-order valence-electron chi connectivity index (χ3n) is 3.59. The minimum atomic E-state index is -0.134. The Morgan fingerprint density at radius 2 is 2.19 bits per heavy atom. The zero-order valence-corrected chi connectivity index (χ0v) is 12.4. The van der Waals surface area contributed by atoms with Gasteiger partial charge in [0, 0.05) is 25.3 Å². The smallest absolute Gasteiger partial charge is 0.273 e. The summed E-state index contributed by atoms with van der Waals surface area (Å²) in [5.41, 5.74) is 3.40. The van der Waals surface area contributed by atoms with Gasteiger partial charge < -0.3 is 10.6 Å². The second kappa shape index (κ2) is 5.69. The van der Waals surface area contributed by atoms with Crippen LogP contribution in [0.4, 0.5) is 5.69 Å². The first-order valence-electron chi connectivity index (χ1n) is 7.26. The number of amides is 1. The highest BCUT2D eigenvalue weighted by atomic mass is 16.2. The molecule has 1 aliphatic carbocycles. The zero-order chi connectivity index (χ0) is 14.8. The average molecular weight is 284 g/mol. The molecule has 1 saturated carbocycles. The van der Waals surface area contributed by atoms with Crippen molar-refractivity contribution in [3.63, 3.8) is 0 Å². The molecule has 0 radical (unpaired) electrons. The van der Waals surface area contributed by atoms with Crippen molar-refractivity contribution in [3.8, 4) is 0 Å². The fourth-order valence-corrected chi connectivity index (χ4v) is 2.33. The lowest BCUT2D eigenvalue weighted by Crippen LogP contribution is -2.17. The van der Waals surface area contributed by atoms with Crippen LogP contribution in [-0.4, -0.2) is 21.7 Å². The van der Waals surface area contributed by atoms with E-state index in [0.717, 1.165) is 17.9 Å². The summed E-state index contributed by atoms with van der Waals surface area (Å²) < 4.78 is 1.60. The Morgan fingerprint density at radius 3 is 2.86 bits per heavy atom. The molecule has 0 atom stereocenters. The quantitative estimate of drug-likeness (QED) is 0.885. The number of hydrogen-bond acceptors (Lipinski definition) is 3. The van der Waals surface area contributed by atoms with E-state index in [1.807, 2.05) is 25.1 Å². The molecule has 1 heterocycles. The lowest BCUT2D eigenvalue weighted by atomic mass is 10.2. The Kier molecular flexibility index (Phi) is 3.75. The van der Waals surface area contributed by atoms with Crippen molar-refractivity contribution in [1.82, 2.24) is 15.1 Å². The molecule has 110 valence electrons. The zero-order valence-electron chi connectivity index (χ0n) is 12.4. The first-order chi connectivity index (χ1) is 10.1. The van der Waals surface area contributed by atoms with E-state index in [1.165, 1.54) is 18.4 Å². The highest BCUT2D eigenvalue weighted by Crippen LogP contribution is 2.20. The van der Waals surface area contributed by atoms with Crippen LogP contribution < -0.4 is 10.6 Å². The Bertz CT molecular complexity index is 658. The minimum absolute atomic E-state index is 0.134. The molecule has 21 heavy (non-hydrogen) atoms. The molecule has 1 fully saturated rings. The highest BCUT2D eigenvalue weighted by molar-refractivity contribution is 6.03. The van der Waals surface area contributed by atoms with E-state index >= 15 is 0 Å². The number of aromatic nitrogens is 2. The summed E-state index contributed by atoms with van der Waals surface area (Å²) in [4.78, 5) is 12.2. The molecule has 1 aliphatic rings. The number of rotatable bonds is 5. The maximum Gasteiger partial charge on any atom is 0.273 e. The molecule has 1 amide bonds. The Labute approximate surface area is 124 Å². The summed E-state index contributed by atoms with van der Waals surface area (Å²) in [6, 6.07) is 10.4. The van der Waals surface area contributed by atoms with Crippen LogP contribution in [0.1, 0.15) is 34.6 Å². The molecule has 2 N–H and O–H groups in total. The monoisotopic (exact) mass is 284 g/mol. The second-order valence-corrected chi connectivity index (χ2v) is 5.60. The molecule has 5 nitrogen and oxygen atoms in total. The Morgan fingerprint density at radius 1 is 1.38 bits per heavy atom. The van der Waals surface area contributed by atoms with Gasteiger partial charge in [0.05, 0.1) is 5.69 Å². The van der Waals surface area contributed by atoms with Gasteiger partial charge in [0.1, 0.15) is 5.69 Å². The predicted octanol–water partition coefficient (Wildman–Crippen LogP) is 2.23. The average Bonchev–Trinajstić information content (AvgIpc) is 3.21. The number of aryl methyl sites for hydroxylation is 2. The van der Waals surface area contributed by atoms with E-state index in [-0.39, 0.29) is 5.91 Å². The summed E-state index contributed by atoms with van der Waals surface area (Å²) in [7, 11) is 1.78. The van der Waals surface area contributed by atoms with Crippen LogP contribution >= 0.6 is 0 Å². The number of nitrogens with one attached hydrogen (secondary N) is 2. The fraction of sp³-hybridized carbons (Fsp3) is 0.375. The number of carbonyl (C=O) groups is 1. The molecule has 5 heteroatoms. The summed E-state index contributed by atoms with van der Waals surface area (Å²) in [6.45, 7) is 2.72. The van der Waals surface area contributed by atoms with Crippen LogP contribution in [0.2, 0.25) is 0 Å². The number of carbonyl (C=O) groups excluding carboxylic acids is 1. The van der Waals surface area contributed by atoms with E-state index in [9.17, 15) is 4.79 Å². The van der Waals surface area contributed by atoms with Crippen molar-refractivity contribution in [2.45, 2.75) is 32.4 Å². The molecule has 0 aliphatic heterocycles. The second-order valence-electron chi connectivity index (χ2n) is 5.60. The molecule has 0 spiro atoms. The normalized spacial score (nSPS) is 14.2. The van der Waals surface area contributed by atoms with Gasteiger partial charge in [-0.2, -0.15) is 5.10 Å². The summed E-state index contributed by atoms with van der Waals surface area (Å²) >= 11 is 0. The third kappa shape index (κ3) is 3.49. The lowest BCUT2D eigenvalue weighted by Gasteiger charge is -2.08. The summed E-state index contributed by atoms with van der Waals surface area (Å²) in [5, 5.41) is 10.6. The van der Waals surface area contributed by atoms with Crippen LogP contribution in [0, 0.1) is 6.92 Å². The van der Waals surface area contributed by atoms with Crippen molar-refractivity contribution in [1.29, 1.82) is 0 Å². The molecular weight excluding hydrogens is 264 g/mol.